The molecule has 2 N–H and O–H groups in total. The van der Waals surface area contributed by atoms with Crippen molar-refractivity contribution in [3.63, 3.8) is 0 Å². The van der Waals surface area contributed by atoms with E-state index < -0.39 is 0 Å². The van der Waals surface area contributed by atoms with E-state index in [9.17, 15) is 0 Å². The molecular weight excluding hydrogens is 126 g/mol. The fourth-order valence-corrected chi connectivity index (χ4v) is 0.500. The molecule has 2 heteroatoms. The number of aliphatic hydroxyl groups is 1. The highest BCUT2D eigenvalue weighted by molar-refractivity contribution is 4.83. The summed E-state index contributed by atoms with van der Waals surface area (Å²) in [6, 6.07) is 0. The summed E-state index contributed by atoms with van der Waals surface area (Å²) in [5.41, 5.74) is 0. The molecule has 1 atom stereocenters. The van der Waals surface area contributed by atoms with E-state index in [1.54, 1.807) is 13.0 Å². The van der Waals surface area contributed by atoms with Gasteiger partial charge in [-0.15, -0.1) is 6.58 Å². The number of nitrogens with one attached hydrogen (secondary N) is 1. The molecule has 0 rings (SSSR count). The van der Waals surface area contributed by atoms with Crippen molar-refractivity contribution in [2.24, 2.45) is 0 Å². The van der Waals surface area contributed by atoms with Crippen LogP contribution in [-0.2, 0) is 0 Å². The molecule has 0 saturated carbocycles. The summed E-state index contributed by atoms with van der Waals surface area (Å²) in [5.74, 6) is 0. The van der Waals surface area contributed by atoms with E-state index >= 15 is 0 Å². The molecule has 0 aliphatic heterocycles. The molecule has 0 spiro atoms. The number of rotatable bonds is 5. The first-order chi connectivity index (χ1) is 4.77. The zero-order valence-electron chi connectivity index (χ0n) is 6.38. The molecule has 10 heavy (non-hydrogen) atoms. The van der Waals surface area contributed by atoms with Gasteiger partial charge in [0, 0.05) is 6.54 Å². The molecule has 0 heterocycles. The molecule has 0 amide bonds. The molecule has 0 aromatic carbocycles. The first-order valence-electron chi connectivity index (χ1n) is 3.44. The molecule has 2 nitrogen and oxygen atoms in total. The second-order valence-corrected chi connectivity index (χ2v) is 2.18. The maximum atomic E-state index is 8.81. The van der Waals surface area contributed by atoms with Gasteiger partial charge in [0.25, 0.3) is 0 Å². The first kappa shape index (κ1) is 9.24. The van der Waals surface area contributed by atoms with Gasteiger partial charge in [0.1, 0.15) is 0 Å². The Morgan fingerprint density at radius 1 is 1.70 bits per heavy atom. The molecule has 0 fully saturated rings. The van der Waals surface area contributed by atoms with Crippen molar-refractivity contribution in [2.45, 2.75) is 19.4 Å². The lowest BCUT2D eigenvalue weighted by Crippen LogP contribution is -2.04. The minimum atomic E-state index is -0.248. The minimum Gasteiger partial charge on any atom is -0.393 e. The summed E-state index contributed by atoms with van der Waals surface area (Å²) >= 11 is 0. The standard InChI is InChI=1S/C8H15NO/c1-3-6-9-7-4-5-8(2)10/h3-4,7-10H,1,5-6H2,2H3. The van der Waals surface area contributed by atoms with Crippen molar-refractivity contribution < 1.29 is 5.11 Å². The molecule has 0 aromatic rings. The molecule has 1 unspecified atom stereocenters. The Labute approximate surface area is 62.3 Å². The van der Waals surface area contributed by atoms with E-state index in [1.165, 1.54) is 0 Å². The van der Waals surface area contributed by atoms with E-state index in [4.69, 9.17) is 5.11 Å². The van der Waals surface area contributed by atoms with Gasteiger partial charge in [0.05, 0.1) is 6.10 Å². The van der Waals surface area contributed by atoms with Crippen LogP contribution < -0.4 is 5.32 Å². The molecule has 0 aliphatic rings. The summed E-state index contributed by atoms with van der Waals surface area (Å²) in [7, 11) is 0. The average Bonchev–Trinajstić information content (AvgIpc) is 1.87. The highest BCUT2D eigenvalue weighted by Gasteiger charge is 1.86. The summed E-state index contributed by atoms with van der Waals surface area (Å²) in [6.45, 7) is 6.08. The maximum Gasteiger partial charge on any atom is 0.0547 e. The summed E-state index contributed by atoms with van der Waals surface area (Å²) in [5, 5.41) is 11.8. The van der Waals surface area contributed by atoms with Crippen LogP contribution in [0.2, 0.25) is 0 Å². The third-order valence-corrected chi connectivity index (χ3v) is 0.975. The van der Waals surface area contributed by atoms with E-state index in [1.807, 2.05) is 12.3 Å². The van der Waals surface area contributed by atoms with E-state index in [0.29, 0.717) is 6.42 Å². The summed E-state index contributed by atoms with van der Waals surface area (Å²) < 4.78 is 0. The van der Waals surface area contributed by atoms with Gasteiger partial charge < -0.3 is 10.4 Å². The van der Waals surface area contributed by atoms with Gasteiger partial charge in [0.15, 0.2) is 0 Å². The quantitative estimate of drug-likeness (QED) is 0.443. The van der Waals surface area contributed by atoms with Crippen LogP contribution in [0.3, 0.4) is 0 Å². The highest BCUT2D eigenvalue weighted by Crippen LogP contribution is 1.88. The second-order valence-electron chi connectivity index (χ2n) is 2.18. The van der Waals surface area contributed by atoms with Gasteiger partial charge in [-0.1, -0.05) is 12.2 Å². The Morgan fingerprint density at radius 2 is 2.40 bits per heavy atom. The van der Waals surface area contributed by atoms with E-state index in [2.05, 4.69) is 11.9 Å². The third-order valence-electron chi connectivity index (χ3n) is 0.975. The van der Waals surface area contributed by atoms with Gasteiger partial charge >= 0.3 is 0 Å². The molecule has 0 aromatic heterocycles. The molecular formula is C8H15NO. The van der Waals surface area contributed by atoms with E-state index in [0.717, 1.165) is 6.54 Å². The summed E-state index contributed by atoms with van der Waals surface area (Å²) in [4.78, 5) is 0. The fourth-order valence-electron chi connectivity index (χ4n) is 0.500. The van der Waals surface area contributed by atoms with Crippen molar-refractivity contribution in [3.05, 3.63) is 24.9 Å². The lowest BCUT2D eigenvalue weighted by atomic mass is 10.3. The van der Waals surface area contributed by atoms with Crippen LogP contribution in [0.1, 0.15) is 13.3 Å². The zero-order chi connectivity index (χ0) is 7.82. The lowest BCUT2D eigenvalue weighted by Gasteiger charge is -1.96. The monoisotopic (exact) mass is 141 g/mol. The maximum absolute atomic E-state index is 8.81. The van der Waals surface area contributed by atoms with Crippen LogP contribution in [0, 0.1) is 0 Å². The molecule has 0 aliphatic carbocycles. The average molecular weight is 141 g/mol. The SMILES string of the molecule is C=CCNC=CCC(C)O. The topological polar surface area (TPSA) is 32.3 Å². The van der Waals surface area contributed by atoms with Gasteiger partial charge in [-0.05, 0) is 19.5 Å². The number of hydrogen-bond donors (Lipinski definition) is 2. The smallest absolute Gasteiger partial charge is 0.0547 e. The van der Waals surface area contributed by atoms with E-state index in [-0.39, 0.29) is 6.10 Å². The highest BCUT2D eigenvalue weighted by atomic mass is 16.3. The zero-order valence-corrected chi connectivity index (χ0v) is 6.38. The normalized spacial score (nSPS) is 13.4. The largest absolute Gasteiger partial charge is 0.393 e. The van der Waals surface area contributed by atoms with Gasteiger partial charge in [-0.2, -0.15) is 0 Å². The number of hydrogen-bond acceptors (Lipinski definition) is 2. The molecule has 0 saturated heterocycles. The lowest BCUT2D eigenvalue weighted by molar-refractivity contribution is 0.198. The first-order valence-corrected chi connectivity index (χ1v) is 3.44. The van der Waals surface area contributed by atoms with Crippen LogP contribution in [0.25, 0.3) is 0 Å². The number of aliphatic hydroxyl groups excluding tert-OH is 1. The molecule has 0 radical (unpaired) electrons. The van der Waals surface area contributed by atoms with Crippen LogP contribution in [0.4, 0.5) is 0 Å². The van der Waals surface area contributed by atoms with Crippen molar-refractivity contribution in [1.82, 2.24) is 5.32 Å². The predicted octanol–water partition coefficient (Wildman–Crippen LogP) is 1.05. The van der Waals surface area contributed by atoms with Gasteiger partial charge in [0.2, 0.25) is 0 Å². The Morgan fingerprint density at radius 3 is 2.90 bits per heavy atom. The van der Waals surface area contributed by atoms with Crippen LogP contribution >= 0.6 is 0 Å². The van der Waals surface area contributed by atoms with Crippen LogP contribution in [0.15, 0.2) is 24.9 Å². The third kappa shape index (κ3) is 7.24. The Hall–Kier alpha value is -0.760. The second kappa shape index (κ2) is 6.36. The van der Waals surface area contributed by atoms with Crippen molar-refractivity contribution in [3.8, 4) is 0 Å². The minimum absolute atomic E-state index is 0.248. The molecule has 58 valence electrons. The van der Waals surface area contributed by atoms with Crippen LogP contribution in [-0.4, -0.2) is 17.8 Å². The van der Waals surface area contributed by atoms with Gasteiger partial charge in [-0.3, -0.25) is 0 Å². The van der Waals surface area contributed by atoms with Crippen molar-refractivity contribution in [2.75, 3.05) is 6.54 Å². The van der Waals surface area contributed by atoms with Crippen LogP contribution in [0.5, 0.6) is 0 Å². The fraction of sp³-hybridized carbons (Fsp3) is 0.500. The predicted molar refractivity (Wildman–Crippen MR) is 43.6 cm³/mol. The Bertz CT molecular complexity index is 108. The van der Waals surface area contributed by atoms with Gasteiger partial charge in [-0.25, -0.2) is 0 Å². The summed E-state index contributed by atoms with van der Waals surface area (Å²) in [6.07, 6.45) is 5.96. The van der Waals surface area contributed by atoms with Crippen molar-refractivity contribution >= 4 is 0 Å². The molecule has 0 bridgehead atoms. The van der Waals surface area contributed by atoms with Crippen molar-refractivity contribution in [1.29, 1.82) is 0 Å². The Kier molecular flexibility index (Phi) is 5.88. The Balaban J connectivity index is 3.11.